The van der Waals surface area contributed by atoms with E-state index in [2.05, 4.69) is 54.6 Å². The molecule has 1 aromatic heterocycles. The fourth-order valence-electron chi connectivity index (χ4n) is 3.77. The Morgan fingerprint density at radius 1 is 0.852 bits per heavy atom. The average Bonchev–Trinajstić information content (AvgIpc) is 3.07. The van der Waals surface area contributed by atoms with Gasteiger partial charge >= 0.3 is 0 Å². The highest BCUT2D eigenvalue weighted by atomic mass is 35.5. The van der Waals surface area contributed by atoms with Crippen molar-refractivity contribution in [3.8, 4) is 11.1 Å². The Bertz CT molecular complexity index is 1320. The molecule has 0 spiro atoms. The molecule has 0 aliphatic carbocycles. The van der Waals surface area contributed by atoms with Crippen molar-refractivity contribution in [2.24, 2.45) is 0 Å². The third kappa shape index (κ3) is 2.66. The van der Waals surface area contributed by atoms with Crippen LogP contribution in [0.25, 0.3) is 42.1 Å². The van der Waals surface area contributed by atoms with Gasteiger partial charge in [-0.2, -0.15) is 0 Å². The zero-order valence-electron chi connectivity index (χ0n) is 14.5. The minimum Gasteiger partial charge on any atom is -0.612 e. The van der Waals surface area contributed by atoms with E-state index in [1.165, 1.54) is 30.9 Å². The molecule has 0 N–H and O–H groups in total. The van der Waals surface area contributed by atoms with Crippen LogP contribution >= 0.6 is 22.9 Å². The summed E-state index contributed by atoms with van der Waals surface area (Å²) in [6.45, 7) is 0. The number of rotatable bonds is 2. The van der Waals surface area contributed by atoms with Gasteiger partial charge in [0.2, 0.25) is 0 Å². The summed E-state index contributed by atoms with van der Waals surface area (Å²) >= 11 is 7.27. The van der Waals surface area contributed by atoms with Crippen LogP contribution in [-0.2, 0) is 11.2 Å². The molecule has 0 fully saturated rings. The van der Waals surface area contributed by atoms with Gasteiger partial charge in [0.1, 0.15) is 6.26 Å². The van der Waals surface area contributed by atoms with Gasteiger partial charge in [0.15, 0.2) is 4.90 Å². The van der Waals surface area contributed by atoms with E-state index in [9.17, 15) is 4.55 Å². The van der Waals surface area contributed by atoms with E-state index in [1.807, 2.05) is 18.2 Å². The van der Waals surface area contributed by atoms with E-state index >= 15 is 0 Å². The molecule has 0 saturated carbocycles. The molecule has 1 nitrogen and oxygen atoms in total. The average molecular weight is 407 g/mol. The number of benzene rings is 4. The van der Waals surface area contributed by atoms with Crippen molar-refractivity contribution in [3.05, 3.63) is 77.8 Å². The summed E-state index contributed by atoms with van der Waals surface area (Å²) in [5.41, 5.74) is 1.92. The van der Waals surface area contributed by atoms with Crippen LogP contribution in [0.1, 0.15) is 0 Å². The first kappa shape index (κ1) is 17.1. The van der Waals surface area contributed by atoms with Crippen LogP contribution in [0.15, 0.2) is 77.7 Å². The van der Waals surface area contributed by atoms with Gasteiger partial charge < -0.3 is 4.55 Å². The molecule has 0 saturated heterocycles. The van der Waals surface area contributed by atoms with Gasteiger partial charge in [0.05, 0.1) is 10.6 Å². The Balaban J connectivity index is 1.95. The molecule has 5 aromatic rings. The lowest BCUT2D eigenvalue weighted by Crippen LogP contribution is -2.00. The second-order valence-corrected chi connectivity index (χ2v) is 9.32. The van der Waals surface area contributed by atoms with Crippen LogP contribution in [0.5, 0.6) is 0 Å². The van der Waals surface area contributed by atoms with Gasteiger partial charge in [-0.3, -0.25) is 0 Å². The largest absolute Gasteiger partial charge is 0.612 e. The zero-order chi connectivity index (χ0) is 18.5. The predicted octanol–water partition coefficient (Wildman–Crippen LogP) is 7.27. The van der Waals surface area contributed by atoms with Crippen molar-refractivity contribution in [2.45, 2.75) is 4.90 Å². The summed E-state index contributed by atoms with van der Waals surface area (Å²) in [6, 6.07) is 24.8. The maximum atomic E-state index is 12.4. The summed E-state index contributed by atoms with van der Waals surface area (Å²) in [7, 11) is 0. The number of hydrogen-bond donors (Lipinski definition) is 0. The van der Waals surface area contributed by atoms with E-state index < -0.39 is 11.2 Å². The standard InChI is InChI=1S/C23H15ClOS2/c1-27(25)20-11-5-9-18(24)22(20)16-8-4-10-19-21(16)17-13-12-14-6-2-3-7-15(14)23(17)26-19/h2-13H,1H3. The van der Waals surface area contributed by atoms with Crippen LogP contribution in [0.4, 0.5) is 0 Å². The molecule has 4 aromatic carbocycles. The SMILES string of the molecule is C[S+]([O-])c1cccc(Cl)c1-c1cccc2sc3c4ccccc4ccc3c12. The Morgan fingerprint density at radius 3 is 2.52 bits per heavy atom. The minimum absolute atomic E-state index is 0.635. The van der Waals surface area contributed by atoms with Gasteiger partial charge in [0, 0.05) is 20.2 Å². The summed E-state index contributed by atoms with van der Waals surface area (Å²) in [5, 5.41) is 5.54. The summed E-state index contributed by atoms with van der Waals surface area (Å²) in [6.07, 6.45) is 1.70. The number of fused-ring (bicyclic) bond motifs is 5. The highest BCUT2D eigenvalue weighted by Gasteiger charge is 2.21. The Morgan fingerprint density at radius 2 is 1.67 bits per heavy atom. The molecule has 5 rings (SSSR count). The summed E-state index contributed by atoms with van der Waals surface area (Å²) in [5.74, 6) is 0. The van der Waals surface area contributed by atoms with Gasteiger partial charge in [-0.25, -0.2) is 0 Å². The summed E-state index contributed by atoms with van der Waals surface area (Å²) in [4.78, 5) is 0.773. The van der Waals surface area contributed by atoms with E-state index in [1.54, 1.807) is 17.6 Å². The first-order valence-corrected chi connectivity index (χ1v) is 11.4. The molecule has 1 atom stereocenters. The lowest BCUT2D eigenvalue weighted by Gasteiger charge is -2.13. The first-order valence-electron chi connectivity index (χ1n) is 8.60. The van der Waals surface area contributed by atoms with Crippen molar-refractivity contribution in [3.63, 3.8) is 0 Å². The van der Waals surface area contributed by atoms with E-state index in [0.29, 0.717) is 5.02 Å². The monoisotopic (exact) mass is 406 g/mol. The van der Waals surface area contributed by atoms with Crippen molar-refractivity contribution in [2.75, 3.05) is 6.26 Å². The van der Waals surface area contributed by atoms with Crippen molar-refractivity contribution in [1.82, 2.24) is 0 Å². The smallest absolute Gasteiger partial charge is 0.161 e. The minimum atomic E-state index is -1.12. The Labute approximate surface area is 169 Å². The number of hydrogen-bond acceptors (Lipinski definition) is 2. The van der Waals surface area contributed by atoms with E-state index in [0.717, 1.165) is 16.0 Å². The molecule has 0 aliphatic heterocycles. The van der Waals surface area contributed by atoms with E-state index in [-0.39, 0.29) is 0 Å². The predicted molar refractivity (Wildman–Crippen MR) is 120 cm³/mol. The second-order valence-electron chi connectivity index (χ2n) is 6.51. The normalized spacial score (nSPS) is 12.9. The lowest BCUT2D eigenvalue weighted by molar-refractivity contribution is 0.601. The molecule has 27 heavy (non-hydrogen) atoms. The topological polar surface area (TPSA) is 23.1 Å². The summed E-state index contributed by atoms with van der Waals surface area (Å²) < 4.78 is 14.9. The van der Waals surface area contributed by atoms with Crippen molar-refractivity contribution in [1.29, 1.82) is 0 Å². The quantitative estimate of drug-likeness (QED) is 0.283. The van der Waals surface area contributed by atoms with Gasteiger partial charge in [-0.1, -0.05) is 66.2 Å². The fraction of sp³-hybridized carbons (Fsp3) is 0.0435. The molecule has 4 heteroatoms. The second kappa shape index (κ2) is 6.54. The Hall–Kier alpha value is -2.04. The van der Waals surface area contributed by atoms with Gasteiger partial charge in [-0.15, -0.1) is 11.3 Å². The van der Waals surface area contributed by atoms with Gasteiger partial charge in [0.25, 0.3) is 0 Å². The Kier molecular flexibility index (Phi) is 4.14. The molecule has 0 amide bonds. The highest BCUT2D eigenvalue weighted by molar-refractivity contribution is 7.90. The molecule has 0 radical (unpaired) electrons. The molecule has 1 unspecified atom stereocenters. The van der Waals surface area contributed by atoms with Crippen LogP contribution < -0.4 is 0 Å². The van der Waals surface area contributed by atoms with Crippen molar-refractivity contribution >= 4 is 65.1 Å². The molecular weight excluding hydrogens is 392 g/mol. The first-order chi connectivity index (χ1) is 13.1. The van der Waals surface area contributed by atoms with Crippen LogP contribution in [0.2, 0.25) is 5.02 Å². The fourth-order valence-corrected chi connectivity index (χ4v) is 6.14. The lowest BCUT2D eigenvalue weighted by atomic mass is 9.98. The number of halogens is 1. The molecular formula is C23H15ClOS2. The third-order valence-corrected chi connectivity index (χ3v) is 7.42. The van der Waals surface area contributed by atoms with Crippen LogP contribution in [-0.4, -0.2) is 10.8 Å². The zero-order valence-corrected chi connectivity index (χ0v) is 16.9. The van der Waals surface area contributed by atoms with E-state index in [4.69, 9.17) is 11.6 Å². The molecule has 132 valence electrons. The number of thiophene rings is 1. The van der Waals surface area contributed by atoms with Crippen LogP contribution in [0, 0.1) is 0 Å². The highest BCUT2D eigenvalue weighted by Crippen LogP contribution is 2.45. The molecule has 0 aliphatic rings. The van der Waals surface area contributed by atoms with Crippen LogP contribution in [0.3, 0.4) is 0 Å². The molecule has 0 bridgehead atoms. The maximum Gasteiger partial charge on any atom is 0.161 e. The maximum absolute atomic E-state index is 12.4. The third-order valence-electron chi connectivity index (χ3n) is 4.94. The van der Waals surface area contributed by atoms with Crippen molar-refractivity contribution < 1.29 is 4.55 Å². The van der Waals surface area contributed by atoms with Gasteiger partial charge in [-0.05, 0) is 45.7 Å². The molecule has 1 heterocycles.